The van der Waals surface area contributed by atoms with E-state index in [1.165, 1.54) is 6.07 Å². The van der Waals surface area contributed by atoms with Gasteiger partial charge < -0.3 is 14.4 Å². The molecule has 0 radical (unpaired) electrons. The van der Waals surface area contributed by atoms with Gasteiger partial charge in [-0.3, -0.25) is 4.79 Å². The Kier molecular flexibility index (Phi) is 6.41. The highest BCUT2D eigenvalue weighted by atomic mass is 32.2. The maximum absolute atomic E-state index is 15.5. The molecule has 3 rings (SSSR count). The number of nitrogens with zero attached hydrogens (tertiary/aromatic N) is 3. The third-order valence-electron chi connectivity index (χ3n) is 4.53. The van der Waals surface area contributed by atoms with E-state index >= 15 is 4.39 Å². The molecule has 0 aromatic carbocycles. The first kappa shape index (κ1) is 24.1. The molecule has 3 aromatic heterocycles. The summed E-state index contributed by atoms with van der Waals surface area (Å²) in [6, 6.07) is 4.55. The van der Waals surface area contributed by atoms with Gasteiger partial charge in [-0.2, -0.15) is 12.8 Å². The van der Waals surface area contributed by atoms with Crippen molar-refractivity contribution in [2.75, 3.05) is 6.54 Å². The summed E-state index contributed by atoms with van der Waals surface area (Å²) in [7, 11) is -4.63. The molecule has 0 spiro atoms. The predicted octanol–water partition coefficient (Wildman–Crippen LogP) is 4.00. The summed E-state index contributed by atoms with van der Waals surface area (Å²) >= 11 is 0. The van der Waals surface area contributed by atoms with Crippen molar-refractivity contribution in [1.29, 1.82) is 0 Å². The predicted molar refractivity (Wildman–Crippen MR) is 112 cm³/mol. The number of pyridine rings is 1. The highest BCUT2D eigenvalue weighted by Gasteiger charge is 2.32. The van der Waals surface area contributed by atoms with Crippen molar-refractivity contribution >= 4 is 22.4 Å². The number of amides is 1. The Labute approximate surface area is 188 Å². The molecular formula is C21H21F2N3O6S. The van der Waals surface area contributed by atoms with Crippen LogP contribution in [0, 0.1) is 17.2 Å². The molecule has 33 heavy (non-hydrogen) atoms. The van der Waals surface area contributed by atoms with Gasteiger partial charge in [0, 0.05) is 24.5 Å². The maximum Gasteiger partial charge on any atom is 0.407 e. The molecular weight excluding hydrogens is 460 g/mol. The van der Waals surface area contributed by atoms with Gasteiger partial charge >= 0.3 is 16.1 Å². The molecule has 12 heteroatoms. The summed E-state index contributed by atoms with van der Waals surface area (Å²) in [6.45, 7) is 4.89. The first-order chi connectivity index (χ1) is 15.3. The molecule has 1 N–H and O–H groups in total. The Balaban J connectivity index is 2.21. The second-order valence-corrected chi connectivity index (χ2v) is 10.2. The first-order valence-corrected chi connectivity index (χ1v) is 11.1. The Bertz CT molecular complexity index is 1310. The summed E-state index contributed by atoms with van der Waals surface area (Å²) < 4.78 is 61.8. The van der Waals surface area contributed by atoms with Crippen LogP contribution >= 0.6 is 0 Å². The van der Waals surface area contributed by atoms with Crippen molar-refractivity contribution in [2.45, 2.75) is 32.4 Å². The average molecular weight is 481 g/mol. The van der Waals surface area contributed by atoms with Crippen LogP contribution in [0.4, 0.5) is 13.6 Å². The molecule has 1 amide bonds. The Morgan fingerprint density at radius 2 is 1.97 bits per heavy atom. The standard InChI is InChI=1S/C21H21F2N3O6S/c1-21(2,3)12-25(20(28)29)9-13-10-26(33(30,31)16-7-6-14(11-27)32-16)18(17(13)22)15-5-4-8-24-19(15)23/h4-8,10-11H,9,12H2,1-3H3,(H,28,29). The van der Waals surface area contributed by atoms with E-state index in [0.29, 0.717) is 10.3 Å². The quantitative estimate of drug-likeness (QED) is 0.400. The van der Waals surface area contributed by atoms with Crippen LogP contribution in [0.2, 0.25) is 0 Å². The number of hydrogen-bond acceptors (Lipinski definition) is 6. The van der Waals surface area contributed by atoms with Crippen LogP contribution in [-0.2, 0) is 16.6 Å². The highest BCUT2D eigenvalue weighted by molar-refractivity contribution is 7.89. The zero-order valence-corrected chi connectivity index (χ0v) is 18.8. The molecule has 3 aromatic rings. The zero-order chi connectivity index (χ0) is 24.6. The molecule has 0 aliphatic rings. The minimum absolute atomic E-state index is 0.0250. The molecule has 0 saturated heterocycles. The third kappa shape index (κ3) is 4.95. The van der Waals surface area contributed by atoms with E-state index in [9.17, 15) is 27.5 Å². The summed E-state index contributed by atoms with van der Waals surface area (Å²) in [5, 5.41) is 8.87. The van der Waals surface area contributed by atoms with Crippen molar-refractivity contribution in [3.8, 4) is 11.3 Å². The normalized spacial score (nSPS) is 12.0. The molecule has 0 atom stereocenters. The van der Waals surface area contributed by atoms with Crippen LogP contribution in [0.15, 0.2) is 46.2 Å². The van der Waals surface area contributed by atoms with Crippen molar-refractivity contribution < 1.29 is 36.3 Å². The minimum Gasteiger partial charge on any atom is -0.465 e. The van der Waals surface area contributed by atoms with Gasteiger partial charge in [-0.15, -0.1) is 0 Å². The lowest BCUT2D eigenvalue weighted by Crippen LogP contribution is -2.36. The van der Waals surface area contributed by atoms with Gasteiger partial charge in [-0.05, 0) is 29.7 Å². The minimum atomic E-state index is -4.63. The van der Waals surface area contributed by atoms with E-state index in [-0.39, 0.29) is 17.9 Å². The topological polar surface area (TPSA) is 123 Å². The van der Waals surface area contributed by atoms with Gasteiger partial charge in [0.05, 0.1) is 12.1 Å². The van der Waals surface area contributed by atoms with Crippen molar-refractivity contribution in [3.63, 3.8) is 0 Å². The summed E-state index contributed by atoms with van der Waals surface area (Å²) in [5.74, 6) is -2.54. The second-order valence-electron chi connectivity index (χ2n) is 8.43. The number of furan rings is 1. The first-order valence-electron chi connectivity index (χ1n) is 9.64. The van der Waals surface area contributed by atoms with Gasteiger partial charge in [-0.25, -0.2) is 18.1 Å². The van der Waals surface area contributed by atoms with Crippen LogP contribution in [0.3, 0.4) is 0 Å². The van der Waals surface area contributed by atoms with E-state index in [0.717, 1.165) is 35.5 Å². The largest absolute Gasteiger partial charge is 0.465 e. The Hall–Kier alpha value is -3.54. The zero-order valence-electron chi connectivity index (χ0n) is 17.9. The Morgan fingerprint density at radius 1 is 1.27 bits per heavy atom. The van der Waals surface area contributed by atoms with Gasteiger partial charge in [-0.1, -0.05) is 20.8 Å². The maximum atomic E-state index is 15.5. The van der Waals surface area contributed by atoms with Gasteiger partial charge in [0.25, 0.3) is 0 Å². The molecule has 0 bridgehead atoms. The van der Waals surface area contributed by atoms with E-state index in [1.807, 2.05) is 0 Å². The van der Waals surface area contributed by atoms with Gasteiger partial charge in [0.1, 0.15) is 5.69 Å². The smallest absolute Gasteiger partial charge is 0.407 e. The number of rotatable bonds is 7. The molecule has 0 fully saturated rings. The monoisotopic (exact) mass is 481 g/mol. The average Bonchev–Trinajstić information content (AvgIpc) is 3.33. The molecule has 0 aliphatic carbocycles. The van der Waals surface area contributed by atoms with Crippen LogP contribution in [0.1, 0.15) is 36.9 Å². The van der Waals surface area contributed by atoms with Crippen molar-refractivity contribution in [1.82, 2.24) is 13.9 Å². The molecule has 0 aliphatic heterocycles. The SMILES string of the molecule is CC(C)(C)CN(Cc1cn(S(=O)(=O)c2ccc(C=O)o2)c(-c2cccnc2F)c1F)C(=O)O. The van der Waals surface area contributed by atoms with Crippen molar-refractivity contribution in [3.05, 3.63) is 59.7 Å². The number of halogens is 2. The number of hydrogen-bond donors (Lipinski definition) is 1. The van der Waals surface area contributed by atoms with Crippen LogP contribution in [-0.4, -0.2) is 46.3 Å². The van der Waals surface area contributed by atoms with E-state index < -0.39 is 56.2 Å². The molecule has 9 nitrogen and oxygen atoms in total. The summed E-state index contributed by atoms with van der Waals surface area (Å²) in [4.78, 5) is 27.0. The lowest BCUT2D eigenvalue weighted by atomic mass is 9.96. The number of aldehydes is 1. The lowest BCUT2D eigenvalue weighted by Gasteiger charge is -2.27. The van der Waals surface area contributed by atoms with E-state index in [1.54, 1.807) is 20.8 Å². The molecule has 3 heterocycles. The fraction of sp³-hybridized carbons (Fsp3) is 0.286. The van der Waals surface area contributed by atoms with Gasteiger partial charge in [0.2, 0.25) is 11.0 Å². The van der Waals surface area contributed by atoms with E-state index in [2.05, 4.69) is 4.98 Å². The number of carboxylic acid groups (broad SMARTS) is 1. The van der Waals surface area contributed by atoms with Crippen LogP contribution < -0.4 is 0 Å². The van der Waals surface area contributed by atoms with Crippen LogP contribution in [0.25, 0.3) is 11.3 Å². The highest BCUT2D eigenvalue weighted by Crippen LogP contribution is 2.33. The fourth-order valence-corrected chi connectivity index (χ4v) is 4.53. The summed E-state index contributed by atoms with van der Waals surface area (Å²) in [6.07, 6.45) is 0.932. The lowest BCUT2D eigenvalue weighted by molar-refractivity contribution is 0.109. The van der Waals surface area contributed by atoms with Crippen molar-refractivity contribution in [2.24, 2.45) is 5.41 Å². The number of carbonyl (C=O) groups is 2. The fourth-order valence-electron chi connectivity index (χ4n) is 3.21. The number of aromatic nitrogens is 2. The second kappa shape index (κ2) is 8.77. The Morgan fingerprint density at radius 3 is 2.52 bits per heavy atom. The van der Waals surface area contributed by atoms with Gasteiger partial charge in [0.15, 0.2) is 17.9 Å². The third-order valence-corrected chi connectivity index (χ3v) is 6.06. The van der Waals surface area contributed by atoms with Crippen LogP contribution in [0.5, 0.6) is 0 Å². The molecule has 0 saturated carbocycles. The number of carbonyl (C=O) groups excluding carboxylic acids is 1. The van der Waals surface area contributed by atoms with E-state index in [4.69, 9.17) is 4.42 Å². The summed E-state index contributed by atoms with van der Waals surface area (Å²) in [5.41, 5.74) is -1.91. The molecule has 176 valence electrons. The molecule has 0 unspecified atom stereocenters.